The number of nitrogens with zero attached hydrogens (tertiary/aromatic N) is 1. The Morgan fingerprint density at radius 3 is 2.81 bits per heavy atom. The number of carboxylic acid groups (broad SMARTS) is 1. The van der Waals surface area contributed by atoms with Gasteiger partial charge in [0.05, 0.1) is 6.54 Å². The van der Waals surface area contributed by atoms with Gasteiger partial charge in [-0.1, -0.05) is 6.07 Å². The lowest BCUT2D eigenvalue weighted by Crippen LogP contribution is -2.56. The molecule has 1 aromatic rings. The molecule has 0 unspecified atom stereocenters. The summed E-state index contributed by atoms with van der Waals surface area (Å²) in [5.74, 6) is -0.0532. The largest absolute Gasteiger partial charge is 0.535 e. The summed E-state index contributed by atoms with van der Waals surface area (Å²) in [6, 6.07) is 3.43. The molecule has 0 radical (unpaired) electrons. The average molecular weight is 374 g/mol. The van der Waals surface area contributed by atoms with E-state index in [1.807, 2.05) is 4.90 Å². The molecule has 0 atom stereocenters. The highest BCUT2D eigenvalue weighted by atomic mass is 16.5. The van der Waals surface area contributed by atoms with Gasteiger partial charge < -0.3 is 24.8 Å². The Morgan fingerprint density at radius 2 is 2.11 bits per heavy atom. The van der Waals surface area contributed by atoms with E-state index in [-0.39, 0.29) is 29.1 Å². The van der Waals surface area contributed by atoms with Crippen LogP contribution in [0.15, 0.2) is 12.1 Å². The standard InChI is InChI=1S/C18H23BN2O6/c22-15(20-7-11-1-2-11)10-21-8-13(9-21)26-14-4-3-12-5-6-19(25)27-17(12)16(14)18(23)24/h3-4,11,13,25H,1-2,5-10H2,(H,20,22)(H,23,24). The minimum atomic E-state index is -1.15. The van der Waals surface area contributed by atoms with Crippen molar-refractivity contribution in [1.29, 1.82) is 0 Å². The van der Waals surface area contributed by atoms with Crippen molar-refractivity contribution in [2.75, 3.05) is 26.2 Å². The Labute approximate surface area is 157 Å². The Bertz CT molecular complexity index is 748. The van der Waals surface area contributed by atoms with Crippen LogP contribution in [0.5, 0.6) is 11.5 Å². The number of likely N-dealkylation sites (tertiary alicyclic amines) is 1. The molecule has 2 aliphatic heterocycles. The van der Waals surface area contributed by atoms with Gasteiger partial charge in [0.25, 0.3) is 0 Å². The van der Waals surface area contributed by atoms with Crippen molar-refractivity contribution in [3.63, 3.8) is 0 Å². The first kappa shape index (κ1) is 18.1. The van der Waals surface area contributed by atoms with Gasteiger partial charge in [-0.15, -0.1) is 0 Å². The van der Waals surface area contributed by atoms with Gasteiger partial charge in [-0.2, -0.15) is 0 Å². The number of carboxylic acids is 1. The molecule has 0 spiro atoms. The third kappa shape index (κ3) is 4.19. The number of carbonyl (C=O) groups excluding carboxylic acids is 1. The first-order valence-electron chi connectivity index (χ1n) is 9.39. The number of amides is 1. The smallest absolute Gasteiger partial charge is 0.522 e. The zero-order valence-corrected chi connectivity index (χ0v) is 15.0. The molecule has 1 saturated carbocycles. The zero-order chi connectivity index (χ0) is 19.0. The van der Waals surface area contributed by atoms with Crippen LogP contribution in [-0.4, -0.2) is 66.3 Å². The molecule has 2 fully saturated rings. The fourth-order valence-electron chi connectivity index (χ4n) is 3.46. The van der Waals surface area contributed by atoms with E-state index in [1.54, 1.807) is 12.1 Å². The predicted octanol–water partition coefficient (Wildman–Crippen LogP) is 0.389. The van der Waals surface area contributed by atoms with Crippen LogP contribution in [0.4, 0.5) is 0 Å². The summed E-state index contributed by atoms with van der Waals surface area (Å²) in [5, 5.41) is 22.2. The SMILES string of the molecule is O=C(CN1CC(Oc2ccc3c(c2C(=O)O)OB(O)CC3)C1)NCC1CC1. The summed E-state index contributed by atoms with van der Waals surface area (Å²) >= 11 is 0. The summed E-state index contributed by atoms with van der Waals surface area (Å²) in [7, 11) is -1.00. The summed E-state index contributed by atoms with van der Waals surface area (Å²) in [6.45, 7) is 2.22. The van der Waals surface area contributed by atoms with E-state index in [0.717, 1.165) is 12.1 Å². The number of ether oxygens (including phenoxy) is 1. The maximum absolute atomic E-state index is 11.9. The minimum absolute atomic E-state index is 0.0164. The number of hydrogen-bond acceptors (Lipinski definition) is 6. The van der Waals surface area contributed by atoms with Crippen molar-refractivity contribution < 1.29 is 29.1 Å². The zero-order valence-electron chi connectivity index (χ0n) is 15.0. The molecule has 9 heteroatoms. The van der Waals surface area contributed by atoms with Crippen molar-refractivity contribution in [2.24, 2.45) is 5.92 Å². The number of aryl methyl sites for hydroxylation is 1. The van der Waals surface area contributed by atoms with Gasteiger partial charge in [0.15, 0.2) is 0 Å². The third-order valence-corrected chi connectivity index (χ3v) is 5.20. The summed E-state index contributed by atoms with van der Waals surface area (Å²) in [6.07, 6.45) is 3.23. The van der Waals surface area contributed by atoms with Crippen LogP contribution in [0.2, 0.25) is 6.32 Å². The highest BCUT2D eigenvalue weighted by Gasteiger charge is 2.34. The van der Waals surface area contributed by atoms with Crippen LogP contribution in [-0.2, 0) is 11.2 Å². The molecular weight excluding hydrogens is 351 g/mol. The van der Waals surface area contributed by atoms with Crippen molar-refractivity contribution >= 4 is 19.0 Å². The quantitative estimate of drug-likeness (QED) is 0.593. The van der Waals surface area contributed by atoms with Gasteiger partial charge in [0.1, 0.15) is 23.2 Å². The van der Waals surface area contributed by atoms with Gasteiger partial charge in [0, 0.05) is 19.6 Å². The second-order valence-electron chi connectivity index (χ2n) is 7.52. The highest BCUT2D eigenvalue weighted by Crippen LogP contribution is 2.37. The Morgan fingerprint density at radius 1 is 1.33 bits per heavy atom. The van der Waals surface area contributed by atoms with Crippen molar-refractivity contribution in [3.8, 4) is 11.5 Å². The van der Waals surface area contributed by atoms with Crippen molar-refractivity contribution in [1.82, 2.24) is 10.2 Å². The second-order valence-corrected chi connectivity index (χ2v) is 7.52. The fourth-order valence-corrected chi connectivity index (χ4v) is 3.46. The van der Waals surface area contributed by atoms with E-state index in [4.69, 9.17) is 9.39 Å². The number of fused-ring (bicyclic) bond motifs is 1. The van der Waals surface area contributed by atoms with Crippen LogP contribution in [0.3, 0.4) is 0 Å². The van der Waals surface area contributed by atoms with E-state index in [9.17, 15) is 19.7 Å². The number of hydrogen-bond donors (Lipinski definition) is 3. The number of benzene rings is 1. The maximum Gasteiger partial charge on any atom is 0.522 e. The molecule has 2 heterocycles. The van der Waals surface area contributed by atoms with Crippen molar-refractivity contribution in [3.05, 3.63) is 23.3 Å². The molecule has 4 rings (SSSR count). The molecule has 27 heavy (non-hydrogen) atoms. The van der Waals surface area contributed by atoms with E-state index < -0.39 is 13.1 Å². The van der Waals surface area contributed by atoms with Gasteiger partial charge in [-0.3, -0.25) is 9.69 Å². The van der Waals surface area contributed by atoms with E-state index >= 15 is 0 Å². The molecule has 0 aromatic heterocycles. The first-order valence-corrected chi connectivity index (χ1v) is 9.39. The molecule has 8 nitrogen and oxygen atoms in total. The minimum Gasteiger partial charge on any atom is -0.535 e. The topological polar surface area (TPSA) is 108 Å². The molecular formula is C18H23BN2O6. The average Bonchev–Trinajstić information content (AvgIpc) is 3.41. The lowest BCUT2D eigenvalue weighted by atomic mass is 9.78. The molecule has 3 aliphatic rings. The van der Waals surface area contributed by atoms with E-state index in [0.29, 0.717) is 38.3 Å². The Balaban J connectivity index is 1.34. The molecule has 3 N–H and O–H groups in total. The highest BCUT2D eigenvalue weighted by molar-refractivity contribution is 6.44. The van der Waals surface area contributed by atoms with Crippen LogP contribution in [0, 0.1) is 5.92 Å². The number of aromatic carboxylic acids is 1. The van der Waals surface area contributed by atoms with Crippen LogP contribution < -0.4 is 14.7 Å². The lowest BCUT2D eigenvalue weighted by Gasteiger charge is -2.38. The summed E-state index contributed by atoms with van der Waals surface area (Å²) in [5.41, 5.74) is 0.708. The third-order valence-electron chi connectivity index (χ3n) is 5.20. The molecule has 144 valence electrons. The van der Waals surface area contributed by atoms with Gasteiger partial charge in [-0.25, -0.2) is 4.79 Å². The van der Waals surface area contributed by atoms with Crippen LogP contribution in [0.1, 0.15) is 28.8 Å². The predicted molar refractivity (Wildman–Crippen MR) is 97.1 cm³/mol. The lowest BCUT2D eigenvalue weighted by molar-refractivity contribution is -0.124. The maximum atomic E-state index is 11.9. The molecule has 1 aliphatic carbocycles. The summed E-state index contributed by atoms with van der Waals surface area (Å²) in [4.78, 5) is 25.6. The Kier molecular flexibility index (Phi) is 4.97. The normalized spacial score (nSPS) is 19.7. The number of rotatable bonds is 7. The van der Waals surface area contributed by atoms with Crippen LogP contribution >= 0.6 is 0 Å². The van der Waals surface area contributed by atoms with E-state index in [2.05, 4.69) is 5.32 Å². The Hall–Kier alpha value is -2.26. The molecule has 1 amide bonds. The first-order chi connectivity index (χ1) is 13.0. The van der Waals surface area contributed by atoms with E-state index in [1.165, 1.54) is 12.8 Å². The molecule has 0 bridgehead atoms. The van der Waals surface area contributed by atoms with Crippen LogP contribution in [0.25, 0.3) is 0 Å². The molecule has 1 aromatic carbocycles. The van der Waals surface area contributed by atoms with Gasteiger partial charge >= 0.3 is 13.1 Å². The monoisotopic (exact) mass is 374 g/mol. The van der Waals surface area contributed by atoms with Gasteiger partial charge in [-0.05, 0) is 43.1 Å². The second kappa shape index (κ2) is 7.40. The summed E-state index contributed by atoms with van der Waals surface area (Å²) < 4.78 is 11.2. The van der Waals surface area contributed by atoms with Gasteiger partial charge in [0.2, 0.25) is 5.91 Å². The molecule has 1 saturated heterocycles. The fraction of sp³-hybridized carbons (Fsp3) is 0.556. The number of carbonyl (C=O) groups is 2. The van der Waals surface area contributed by atoms with Crippen molar-refractivity contribution in [2.45, 2.75) is 31.7 Å². The number of nitrogens with one attached hydrogen (secondary N) is 1.